The van der Waals surface area contributed by atoms with E-state index in [9.17, 15) is 0 Å². The summed E-state index contributed by atoms with van der Waals surface area (Å²) in [5, 5.41) is 0. The van der Waals surface area contributed by atoms with Crippen molar-refractivity contribution in [2.45, 2.75) is 0 Å². The van der Waals surface area contributed by atoms with Crippen molar-refractivity contribution >= 4 is 47.4 Å². The van der Waals surface area contributed by atoms with Crippen molar-refractivity contribution < 1.29 is 4.79 Å². The van der Waals surface area contributed by atoms with Crippen LogP contribution in [0.5, 0.6) is 0 Å². The molecular weight excluding hydrogens is 98.5 g/mol. The number of halogens is 1. The van der Waals surface area contributed by atoms with E-state index in [1.54, 1.807) is 0 Å². The fraction of sp³-hybridized carbons (Fsp3) is 0.500. The summed E-state index contributed by atoms with van der Waals surface area (Å²) >= 11 is 4.82. The van der Waals surface area contributed by atoms with Crippen molar-refractivity contribution in [1.29, 1.82) is 0 Å². The summed E-state index contributed by atoms with van der Waals surface area (Å²) in [7, 11) is 0. The zero-order valence-electron chi connectivity index (χ0n) is 3.07. The Labute approximate surface area is 58.0 Å². The van der Waals surface area contributed by atoms with Crippen LogP contribution in [-0.2, 0) is 4.79 Å². The average molecular weight is 101 g/mol. The van der Waals surface area contributed by atoms with Gasteiger partial charge in [0.25, 0.3) is 0 Å². The fourth-order valence-electron chi connectivity index (χ4n) is 0. The second kappa shape index (κ2) is 8.88. The van der Waals surface area contributed by atoms with Crippen LogP contribution in [0.25, 0.3) is 0 Å². The van der Waals surface area contributed by atoms with Crippen LogP contribution in [0.1, 0.15) is 0 Å². The monoisotopic (exact) mass is 101 g/mol. The third kappa shape index (κ3) is 11.3. The van der Waals surface area contributed by atoms with Crippen LogP contribution in [0.4, 0.5) is 0 Å². The Balaban J connectivity index is 0. The van der Waals surface area contributed by atoms with Gasteiger partial charge in [-0.2, -0.15) is 0 Å². The second-order valence-electron chi connectivity index (χ2n) is 0.321. The summed E-state index contributed by atoms with van der Waals surface area (Å²) in [4.78, 5) is 9.04. The number of carbonyl (C=O) groups is 1. The van der Waals surface area contributed by atoms with Gasteiger partial charge in [-0.15, -0.1) is 11.6 Å². The minimum absolute atomic E-state index is 0. The predicted octanol–water partition coefficient (Wildman–Crippen LogP) is 0.0433. The van der Waals surface area contributed by atoms with E-state index >= 15 is 0 Å². The zero-order chi connectivity index (χ0) is 3.41. The number of carbonyl (C=O) groups excluding carboxylic acids is 1. The molecule has 0 aliphatic carbocycles. The normalized spacial score (nSPS) is 5.00. The molecule has 0 aliphatic heterocycles. The van der Waals surface area contributed by atoms with Crippen LogP contribution in [0.3, 0.4) is 0 Å². The van der Waals surface area contributed by atoms with Crippen molar-refractivity contribution in [3.63, 3.8) is 0 Å². The Bertz CT molecular complexity index is 23.6. The number of rotatable bonds is 1. The van der Waals surface area contributed by atoms with E-state index in [1.807, 2.05) is 0 Å². The van der Waals surface area contributed by atoms with E-state index in [1.165, 1.54) is 0 Å². The van der Waals surface area contributed by atoms with Crippen LogP contribution >= 0.6 is 11.6 Å². The van der Waals surface area contributed by atoms with Crippen LogP contribution in [0.2, 0.25) is 0 Å². The third-order valence-electron chi connectivity index (χ3n) is 0.0630. The van der Waals surface area contributed by atoms with Gasteiger partial charge in [-0.3, -0.25) is 0 Å². The van der Waals surface area contributed by atoms with Gasteiger partial charge >= 0.3 is 0 Å². The van der Waals surface area contributed by atoms with Gasteiger partial charge in [0.15, 0.2) is 0 Å². The Morgan fingerprint density at radius 1 is 1.80 bits per heavy atom. The predicted molar refractivity (Wildman–Crippen MR) is 22.5 cm³/mol. The van der Waals surface area contributed by atoms with E-state index < -0.39 is 0 Å². The third-order valence-corrected chi connectivity index (χ3v) is 0.189. The summed E-state index contributed by atoms with van der Waals surface area (Å²) in [6, 6.07) is 0. The van der Waals surface area contributed by atoms with Crippen LogP contribution in [0.15, 0.2) is 0 Å². The van der Waals surface area contributed by atoms with Crippen molar-refractivity contribution in [2.75, 3.05) is 5.88 Å². The molecule has 0 spiro atoms. The molecule has 1 radical (unpaired) electrons. The standard InChI is InChI=1S/C2H3ClO.Na/c3-1-2-4;/h2H,1H2;. The fourth-order valence-corrected chi connectivity index (χ4v) is 0. The van der Waals surface area contributed by atoms with Gasteiger partial charge in [-0.05, 0) is 0 Å². The van der Waals surface area contributed by atoms with Gasteiger partial charge in [0, 0.05) is 29.6 Å². The van der Waals surface area contributed by atoms with E-state index in [0.717, 1.165) is 0 Å². The zero-order valence-corrected chi connectivity index (χ0v) is 5.83. The molecule has 0 N–H and O–H groups in total. The Morgan fingerprint density at radius 3 is 2.00 bits per heavy atom. The molecule has 25 valence electrons. The van der Waals surface area contributed by atoms with Crippen LogP contribution in [-0.4, -0.2) is 41.7 Å². The molecular formula is C2H3ClNaO. The first-order chi connectivity index (χ1) is 1.91. The Kier molecular flexibility index (Phi) is 16.6. The Morgan fingerprint density at radius 2 is 2.00 bits per heavy atom. The molecule has 0 bridgehead atoms. The number of aldehydes is 1. The molecule has 0 rings (SSSR count). The number of hydrogen-bond acceptors (Lipinski definition) is 1. The molecule has 0 saturated heterocycles. The van der Waals surface area contributed by atoms with Gasteiger partial charge in [0.1, 0.15) is 6.29 Å². The molecule has 3 heteroatoms. The molecule has 5 heavy (non-hydrogen) atoms. The second-order valence-corrected chi connectivity index (χ2v) is 0.630. The molecule has 0 amide bonds. The van der Waals surface area contributed by atoms with Gasteiger partial charge < -0.3 is 4.79 Å². The first kappa shape index (κ1) is 9.35. The van der Waals surface area contributed by atoms with E-state index in [0.29, 0.717) is 6.29 Å². The smallest absolute Gasteiger partial charge is 0.134 e. The van der Waals surface area contributed by atoms with Crippen LogP contribution in [0, 0.1) is 0 Å². The quantitative estimate of drug-likeness (QED) is 0.259. The summed E-state index contributed by atoms with van der Waals surface area (Å²) < 4.78 is 0. The van der Waals surface area contributed by atoms with Gasteiger partial charge in [0.2, 0.25) is 0 Å². The molecule has 0 heterocycles. The van der Waals surface area contributed by atoms with Gasteiger partial charge in [-0.25, -0.2) is 0 Å². The molecule has 0 atom stereocenters. The molecule has 0 fully saturated rings. The summed E-state index contributed by atoms with van der Waals surface area (Å²) in [6.07, 6.45) is 0.640. The average Bonchev–Trinajstić information content (AvgIpc) is 1.37. The van der Waals surface area contributed by atoms with Gasteiger partial charge in [-0.1, -0.05) is 0 Å². The first-order valence-corrected chi connectivity index (χ1v) is 1.45. The molecule has 1 nitrogen and oxygen atoms in total. The first-order valence-electron chi connectivity index (χ1n) is 0.911. The molecule has 0 aliphatic rings. The Hall–Kier alpha value is 0.960. The molecule has 0 unspecified atom stereocenters. The molecule has 0 aromatic carbocycles. The van der Waals surface area contributed by atoms with E-state index in [4.69, 9.17) is 16.4 Å². The molecule has 0 aromatic heterocycles. The largest absolute Gasteiger partial charge is 0.302 e. The van der Waals surface area contributed by atoms with Crippen molar-refractivity contribution in [3.05, 3.63) is 0 Å². The maximum absolute atomic E-state index is 9.04. The summed E-state index contributed by atoms with van der Waals surface area (Å²) in [5.41, 5.74) is 0. The maximum atomic E-state index is 9.04. The van der Waals surface area contributed by atoms with Crippen LogP contribution < -0.4 is 0 Å². The van der Waals surface area contributed by atoms with E-state index in [-0.39, 0.29) is 35.4 Å². The number of alkyl halides is 1. The summed E-state index contributed by atoms with van der Waals surface area (Å²) in [5.74, 6) is 0.111. The van der Waals surface area contributed by atoms with Crippen molar-refractivity contribution in [2.24, 2.45) is 0 Å². The summed E-state index contributed by atoms with van der Waals surface area (Å²) in [6.45, 7) is 0. The van der Waals surface area contributed by atoms with Crippen molar-refractivity contribution in [3.8, 4) is 0 Å². The minimum Gasteiger partial charge on any atom is -0.302 e. The topological polar surface area (TPSA) is 17.1 Å². The molecule has 0 aromatic rings. The SMILES string of the molecule is O=CCCl.[Na]. The number of hydrogen-bond donors (Lipinski definition) is 0. The minimum atomic E-state index is 0. The maximum Gasteiger partial charge on any atom is 0.134 e. The van der Waals surface area contributed by atoms with Crippen molar-refractivity contribution in [1.82, 2.24) is 0 Å². The molecule has 0 saturated carbocycles. The van der Waals surface area contributed by atoms with Gasteiger partial charge in [0.05, 0.1) is 5.88 Å². The van der Waals surface area contributed by atoms with E-state index in [2.05, 4.69) is 0 Å².